The van der Waals surface area contributed by atoms with Crippen molar-refractivity contribution in [2.75, 3.05) is 30.9 Å². The van der Waals surface area contributed by atoms with Gasteiger partial charge in [-0.25, -0.2) is 4.79 Å². The van der Waals surface area contributed by atoms with Crippen LogP contribution in [0.25, 0.3) is 0 Å². The summed E-state index contributed by atoms with van der Waals surface area (Å²) in [6.07, 6.45) is -0.200. The average molecular weight is 421 g/mol. The summed E-state index contributed by atoms with van der Waals surface area (Å²) in [5.41, 5.74) is 0.170. The quantitative estimate of drug-likeness (QED) is 0.716. The van der Waals surface area contributed by atoms with Crippen LogP contribution in [0.4, 0.5) is 10.5 Å². The van der Waals surface area contributed by atoms with Crippen molar-refractivity contribution in [3.63, 3.8) is 0 Å². The Kier molecular flexibility index (Phi) is 8.68. The van der Waals surface area contributed by atoms with Crippen LogP contribution in [0, 0.1) is 0 Å². The molecule has 1 heterocycles. The van der Waals surface area contributed by atoms with Gasteiger partial charge >= 0.3 is 6.09 Å². The van der Waals surface area contributed by atoms with Gasteiger partial charge in [-0.05, 0) is 45.0 Å². The third-order valence-corrected chi connectivity index (χ3v) is 3.75. The minimum absolute atomic E-state index is 0.200. The zero-order valence-corrected chi connectivity index (χ0v) is 16.4. The van der Waals surface area contributed by atoms with E-state index in [-0.39, 0.29) is 11.7 Å². The van der Waals surface area contributed by atoms with Crippen LogP contribution in [0.15, 0.2) is 28.7 Å². The molecule has 1 aromatic rings. The fraction of sp³-hybridized carbons (Fsp3) is 0.533. The Balaban J connectivity index is 0.000000243. The molecule has 2 N–H and O–H groups in total. The van der Waals surface area contributed by atoms with Crippen molar-refractivity contribution in [2.45, 2.75) is 26.4 Å². The lowest BCUT2D eigenvalue weighted by Crippen LogP contribution is -2.48. The van der Waals surface area contributed by atoms with Crippen LogP contribution in [0.5, 0.6) is 0 Å². The number of halogens is 1. The van der Waals surface area contributed by atoms with Crippen molar-refractivity contribution in [1.29, 1.82) is 0 Å². The van der Waals surface area contributed by atoms with E-state index in [0.29, 0.717) is 5.69 Å². The molecule has 1 amide bonds. The molecule has 0 aromatic heterocycles. The van der Waals surface area contributed by atoms with Crippen LogP contribution in [0.1, 0.15) is 20.8 Å². The molecule has 0 aliphatic carbocycles. The summed E-state index contributed by atoms with van der Waals surface area (Å²) >= 11 is 0.991. The van der Waals surface area contributed by atoms with Crippen LogP contribution in [0.3, 0.4) is 0 Å². The minimum Gasteiger partial charge on any atom is -0.755 e. The summed E-state index contributed by atoms with van der Waals surface area (Å²) in [6.45, 7) is 8.86. The number of nitrogens with one attached hydrogen (secondary N) is 2. The van der Waals surface area contributed by atoms with Crippen molar-refractivity contribution in [2.24, 2.45) is 0 Å². The topological polar surface area (TPSA) is 93.7 Å². The number of piperazine rings is 1. The van der Waals surface area contributed by atoms with Crippen molar-refractivity contribution >= 4 is 39.0 Å². The Labute approximate surface area is 153 Å². The molecule has 1 unspecified atom stereocenters. The number of carbonyl (C=O) groups is 1. The highest BCUT2D eigenvalue weighted by Crippen LogP contribution is 2.14. The zero-order chi connectivity index (χ0) is 18.2. The average Bonchev–Trinajstić information content (AvgIpc) is 2.49. The molecule has 1 atom stereocenters. The largest absolute Gasteiger partial charge is 0.755 e. The summed E-state index contributed by atoms with van der Waals surface area (Å²) in [5, 5.41) is 3.18. The van der Waals surface area contributed by atoms with E-state index in [1.165, 1.54) is 0 Å². The number of anilines is 1. The fourth-order valence-corrected chi connectivity index (χ4v) is 2.38. The van der Waals surface area contributed by atoms with E-state index in [2.05, 4.69) is 26.0 Å². The fourth-order valence-electron chi connectivity index (χ4n) is 1.79. The third kappa shape index (κ3) is 9.21. The number of carbonyl (C=O) groups excluding carboxylic acids is 1. The van der Waals surface area contributed by atoms with Crippen LogP contribution in [0.2, 0.25) is 0 Å². The summed E-state index contributed by atoms with van der Waals surface area (Å²) in [6, 6.07) is 6.85. The first-order valence-electron chi connectivity index (χ1n) is 7.47. The maximum atomic E-state index is 11.5. The molecular formula is C15H23BrN3O4S-. The van der Waals surface area contributed by atoms with E-state index in [1.54, 1.807) is 29.2 Å². The Bertz CT molecular complexity index is 543. The highest BCUT2D eigenvalue weighted by atomic mass is 79.9. The van der Waals surface area contributed by atoms with Crippen LogP contribution in [-0.4, -0.2) is 51.5 Å². The van der Waals surface area contributed by atoms with Crippen molar-refractivity contribution in [3.8, 4) is 0 Å². The summed E-state index contributed by atoms with van der Waals surface area (Å²) in [4.78, 5) is 13.2. The standard InChI is InChI=1S/C9H18N2O2.C6H6BrNO2S/c1-9(2,3)13-8(12)11-6-4-10-5-7-11;7-5-1-3-6(4-2-5)8-11(9)10/h10H,4-7H2,1-3H3;1-4,8H,(H,9,10)/p-1. The molecule has 0 saturated carbocycles. The number of ether oxygens (including phenoxy) is 1. The van der Waals surface area contributed by atoms with Crippen LogP contribution in [-0.2, 0) is 16.0 Å². The molecule has 0 bridgehead atoms. The molecule has 24 heavy (non-hydrogen) atoms. The van der Waals surface area contributed by atoms with Crippen molar-refractivity contribution < 1.29 is 18.3 Å². The highest BCUT2D eigenvalue weighted by Gasteiger charge is 2.22. The maximum absolute atomic E-state index is 11.5. The lowest BCUT2D eigenvalue weighted by molar-refractivity contribution is 0.0229. The van der Waals surface area contributed by atoms with Crippen molar-refractivity contribution in [3.05, 3.63) is 28.7 Å². The van der Waals surface area contributed by atoms with Crippen LogP contribution >= 0.6 is 15.9 Å². The van der Waals surface area contributed by atoms with Gasteiger partial charge in [-0.1, -0.05) is 15.9 Å². The van der Waals surface area contributed by atoms with E-state index in [9.17, 15) is 13.6 Å². The first-order chi connectivity index (χ1) is 11.2. The summed E-state index contributed by atoms with van der Waals surface area (Å²) < 4.78 is 28.6. The molecule has 136 valence electrons. The second-order valence-electron chi connectivity index (χ2n) is 6.06. The second-order valence-corrected chi connectivity index (χ2v) is 7.65. The van der Waals surface area contributed by atoms with Gasteiger partial charge in [-0.3, -0.25) is 4.21 Å². The molecule has 7 nitrogen and oxygen atoms in total. The van der Waals surface area contributed by atoms with Gasteiger partial charge in [0.2, 0.25) is 0 Å². The number of rotatable bonds is 2. The number of amides is 1. The van der Waals surface area contributed by atoms with Gasteiger partial charge in [0.05, 0.1) is 0 Å². The van der Waals surface area contributed by atoms with Crippen molar-refractivity contribution in [1.82, 2.24) is 10.2 Å². The maximum Gasteiger partial charge on any atom is 0.410 e. The normalized spacial score (nSPS) is 15.8. The first kappa shape index (κ1) is 20.9. The second kappa shape index (κ2) is 9.97. The molecule has 1 fully saturated rings. The lowest BCUT2D eigenvalue weighted by atomic mass is 10.2. The van der Waals surface area contributed by atoms with E-state index in [0.717, 1.165) is 30.7 Å². The summed E-state index contributed by atoms with van der Waals surface area (Å²) in [5.74, 6) is 0. The monoisotopic (exact) mass is 420 g/mol. The van der Waals surface area contributed by atoms with E-state index < -0.39 is 11.3 Å². The Morgan fingerprint density at radius 3 is 2.29 bits per heavy atom. The predicted molar refractivity (Wildman–Crippen MR) is 97.4 cm³/mol. The SMILES string of the molecule is CC(C)(C)OC(=O)N1CCNCC1.O=S([O-])Nc1ccc(Br)cc1. The molecule has 2 rings (SSSR count). The van der Waals surface area contributed by atoms with E-state index >= 15 is 0 Å². The van der Waals surface area contributed by atoms with Gasteiger partial charge in [0.1, 0.15) is 5.60 Å². The van der Waals surface area contributed by atoms with Gasteiger partial charge < -0.3 is 24.2 Å². The first-order valence-corrected chi connectivity index (χ1v) is 9.34. The number of benzene rings is 1. The Morgan fingerprint density at radius 2 is 1.83 bits per heavy atom. The highest BCUT2D eigenvalue weighted by molar-refractivity contribution is 9.10. The Morgan fingerprint density at radius 1 is 1.29 bits per heavy atom. The van der Waals surface area contributed by atoms with E-state index in [1.807, 2.05) is 20.8 Å². The predicted octanol–water partition coefficient (Wildman–Crippen LogP) is 2.48. The van der Waals surface area contributed by atoms with Gasteiger partial charge in [0, 0.05) is 47.6 Å². The van der Waals surface area contributed by atoms with Crippen LogP contribution < -0.4 is 10.0 Å². The minimum atomic E-state index is -2.24. The molecule has 1 aliphatic rings. The number of hydrogen-bond acceptors (Lipinski definition) is 5. The summed E-state index contributed by atoms with van der Waals surface area (Å²) in [7, 11) is 0. The lowest BCUT2D eigenvalue weighted by Gasteiger charge is -2.30. The molecule has 1 aliphatic heterocycles. The van der Waals surface area contributed by atoms with Gasteiger partial charge in [0.25, 0.3) is 0 Å². The molecule has 0 spiro atoms. The van der Waals surface area contributed by atoms with Gasteiger partial charge in [-0.15, -0.1) is 0 Å². The molecule has 0 radical (unpaired) electrons. The third-order valence-electron chi connectivity index (χ3n) is 2.81. The Hall–Kier alpha value is -1.16. The zero-order valence-electron chi connectivity index (χ0n) is 14.0. The van der Waals surface area contributed by atoms with Gasteiger partial charge in [-0.2, -0.15) is 0 Å². The molecule has 1 aromatic carbocycles. The molecule has 9 heteroatoms. The molecule has 1 saturated heterocycles. The smallest absolute Gasteiger partial charge is 0.410 e. The van der Waals surface area contributed by atoms with Gasteiger partial charge in [0.15, 0.2) is 0 Å². The number of nitrogens with zero attached hydrogens (tertiary/aromatic N) is 1. The number of hydrogen-bond donors (Lipinski definition) is 2. The molecular weight excluding hydrogens is 398 g/mol. The van der Waals surface area contributed by atoms with E-state index in [4.69, 9.17) is 4.74 Å².